The molecule has 0 saturated heterocycles. The summed E-state index contributed by atoms with van der Waals surface area (Å²) in [6.07, 6.45) is 5.72. The molecule has 2 heteroatoms. The Morgan fingerprint density at radius 3 is 2.10 bits per heavy atom. The molecule has 0 amide bonds. The van der Waals surface area contributed by atoms with Gasteiger partial charge in [-0.2, -0.15) is 0 Å². The zero-order valence-electron chi connectivity index (χ0n) is 7.11. The number of hydrogen-bond acceptors (Lipinski definition) is 0. The Balaban J connectivity index is 0. The first kappa shape index (κ1) is 13.3. The Kier molecular flexibility index (Phi) is 12.8. The van der Waals surface area contributed by atoms with Crippen molar-refractivity contribution in [2.24, 2.45) is 5.92 Å². The minimum absolute atomic E-state index is 0. The summed E-state index contributed by atoms with van der Waals surface area (Å²) in [5.74, 6) is 0.904. The van der Waals surface area contributed by atoms with Gasteiger partial charge < -0.3 is 5.48 Å². The molecule has 0 rings (SSSR count). The average Bonchev–Trinajstić information content (AvgIpc) is 1.80. The molecular formula is C8H19OTi. The first-order valence-electron chi connectivity index (χ1n) is 3.92. The molecule has 0 atom stereocenters. The van der Waals surface area contributed by atoms with Crippen molar-refractivity contribution in [1.82, 2.24) is 0 Å². The molecule has 0 aliphatic carbocycles. The number of unbranched alkanes of at least 4 members (excludes halogenated alkanes) is 2. The first-order valence-corrected chi connectivity index (χ1v) is 5.02. The Bertz CT molecular complexity index is 55.2. The van der Waals surface area contributed by atoms with Crippen LogP contribution in [0.15, 0.2) is 0 Å². The molecule has 0 saturated carbocycles. The summed E-state index contributed by atoms with van der Waals surface area (Å²) in [4.78, 5) is 0. The van der Waals surface area contributed by atoms with Crippen LogP contribution in [-0.2, 0) is 20.4 Å². The van der Waals surface area contributed by atoms with Crippen LogP contribution in [0, 0.1) is 5.92 Å². The Labute approximate surface area is 76.3 Å². The van der Waals surface area contributed by atoms with Crippen LogP contribution in [0.25, 0.3) is 0 Å². The van der Waals surface area contributed by atoms with Gasteiger partial charge in [0.2, 0.25) is 0 Å². The smallest absolute Gasteiger partial charge is 0.412 e. The van der Waals surface area contributed by atoms with Crippen LogP contribution in [0.5, 0.6) is 0 Å². The monoisotopic (exact) mass is 179 g/mol. The van der Waals surface area contributed by atoms with E-state index in [9.17, 15) is 0 Å². The Morgan fingerprint density at radius 1 is 1.10 bits per heavy atom. The number of hydrogen-bond donors (Lipinski definition) is 0. The van der Waals surface area contributed by atoms with Crippen molar-refractivity contribution in [1.29, 1.82) is 0 Å². The Morgan fingerprint density at radius 2 is 1.70 bits per heavy atom. The molecule has 2 N–H and O–H groups in total. The number of rotatable bonds is 5. The van der Waals surface area contributed by atoms with Crippen LogP contribution in [0.2, 0.25) is 4.73 Å². The van der Waals surface area contributed by atoms with Gasteiger partial charge in [-0.3, -0.25) is 0 Å². The van der Waals surface area contributed by atoms with Crippen molar-refractivity contribution in [3.05, 3.63) is 0 Å². The topological polar surface area (TPSA) is 31.5 Å². The normalized spacial score (nSPS) is 9.40. The van der Waals surface area contributed by atoms with Crippen LogP contribution in [-0.4, -0.2) is 5.48 Å². The van der Waals surface area contributed by atoms with Crippen molar-refractivity contribution < 1.29 is 25.9 Å². The van der Waals surface area contributed by atoms with Gasteiger partial charge in [-0.15, -0.1) is 0 Å². The van der Waals surface area contributed by atoms with Crippen molar-refractivity contribution in [2.45, 2.75) is 44.3 Å². The molecule has 0 aromatic heterocycles. The zero-order valence-corrected chi connectivity index (χ0v) is 8.67. The summed E-state index contributed by atoms with van der Waals surface area (Å²) in [5, 5.41) is 0. The van der Waals surface area contributed by atoms with Crippen molar-refractivity contribution in [3.8, 4) is 0 Å². The zero-order chi connectivity index (χ0) is 7.11. The summed E-state index contributed by atoms with van der Waals surface area (Å²) in [6, 6.07) is 0. The van der Waals surface area contributed by atoms with Crippen LogP contribution < -0.4 is 0 Å². The molecule has 0 unspecified atom stereocenters. The van der Waals surface area contributed by atoms with E-state index < -0.39 is 0 Å². The van der Waals surface area contributed by atoms with E-state index in [0.717, 1.165) is 5.92 Å². The SMILES string of the molecule is CC(C)CCCC[CH2][Ti].O. The fourth-order valence-corrected chi connectivity index (χ4v) is 1.24. The van der Waals surface area contributed by atoms with Crippen molar-refractivity contribution in [2.75, 3.05) is 0 Å². The van der Waals surface area contributed by atoms with Gasteiger partial charge in [-0.1, -0.05) is 0 Å². The molecule has 1 nitrogen and oxygen atoms in total. The maximum absolute atomic E-state index is 2.30. The predicted molar refractivity (Wildman–Crippen MR) is 41.7 cm³/mol. The molecule has 0 aromatic rings. The average molecular weight is 179 g/mol. The van der Waals surface area contributed by atoms with Crippen LogP contribution in [0.3, 0.4) is 0 Å². The van der Waals surface area contributed by atoms with E-state index >= 15 is 0 Å². The summed E-state index contributed by atoms with van der Waals surface area (Å²) in [7, 11) is 0. The second kappa shape index (κ2) is 9.67. The van der Waals surface area contributed by atoms with E-state index in [2.05, 4.69) is 34.3 Å². The van der Waals surface area contributed by atoms with Gasteiger partial charge in [-0.25, -0.2) is 0 Å². The van der Waals surface area contributed by atoms with Gasteiger partial charge in [0, 0.05) is 0 Å². The van der Waals surface area contributed by atoms with Gasteiger partial charge in [0.05, 0.1) is 0 Å². The first-order chi connectivity index (χ1) is 4.27. The fraction of sp³-hybridized carbons (Fsp3) is 1.00. The van der Waals surface area contributed by atoms with E-state index in [1.54, 1.807) is 0 Å². The standard InChI is InChI=1S/C8H17.H2O.Ti/c1-4-5-6-7-8(2)3;;/h8H,1,4-7H2,2-3H3;1H2;. The third-order valence-corrected chi connectivity index (χ3v) is 2.01. The summed E-state index contributed by atoms with van der Waals surface area (Å²) >= 11 is 2.26. The molecular weight excluding hydrogens is 160 g/mol. The molecule has 0 bridgehead atoms. The van der Waals surface area contributed by atoms with E-state index in [4.69, 9.17) is 0 Å². The third-order valence-electron chi connectivity index (χ3n) is 1.46. The Hall–Kier alpha value is 0.674. The second-order valence-corrected chi connectivity index (χ2v) is 3.77. The molecule has 0 spiro atoms. The van der Waals surface area contributed by atoms with Gasteiger partial charge in [0.25, 0.3) is 0 Å². The molecule has 10 heavy (non-hydrogen) atoms. The maximum atomic E-state index is 2.30. The summed E-state index contributed by atoms with van der Waals surface area (Å²) < 4.78 is 1.36. The molecule has 0 fully saturated rings. The molecule has 0 aliphatic rings. The van der Waals surface area contributed by atoms with Gasteiger partial charge >= 0.3 is 70.6 Å². The van der Waals surface area contributed by atoms with Crippen molar-refractivity contribution >= 4 is 0 Å². The van der Waals surface area contributed by atoms with Crippen LogP contribution in [0.4, 0.5) is 0 Å². The molecule has 0 aliphatic heterocycles. The largest absolute Gasteiger partial charge is 0.412 e. The van der Waals surface area contributed by atoms with E-state index in [1.165, 1.54) is 30.4 Å². The maximum Gasteiger partial charge on any atom is -0.412 e. The summed E-state index contributed by atoms with van der Waals surface area (Å²) in [6.45, 7) is 4.60. The fourth-order valence-electron chi connectivity index (χ4n) is 0.854. The molecule has 61 valence electrons. The van der Waals surface area contributed by atoms with Gasteiger partial charge in [0.1, 0.15) is 0 Å². The van der Waals surface area contributed by atoms with E-state index in [-0.39, 0.29) is 5.48 Å². The van der Waals surface area contributed by atoms with Gasteiger partial charge in [0.15, 0.2) is 0 Å². The summed E-state index contributed by atoms with van der Waals surface area (Å²) in [5.41, 5.74) is 0. The second-order valence-electron chi connectivity index (χ2n) is 2.99. The third kappa shape index (κ3) is 11.5. The quantitative estimate of drug-likeness (QED) is 0.458. The van der Waals surface area contributed by atoms with Gasteiger partial charge in [-0.05, 0) is 0 Å². The van der Waals surface area contributed by atoms with Crippen LogP contribution in [0.1, 0.15) is 39.5 Å². The molecule has 0 radical (unpaired) electrons. The van der Waals surface area contributed by atoms with E-state index in [1.807, 2.05) is 0 Å². The minimum atomic E-state index is 0. The molecule has 0 heterocycles. The molecule has 0 aromatic carbocycles. The van der Waals surface area contributed by atoms with E-state index in [0.29, 0.717) is 0 Å². The predicted octanol–water partition coefficient (Wildman–Crippen LogP) is 2.34. The minimum Gasteiger partial charge on any atom is -0.412 e. The van der Waals surface area contributed by atoms with Crippen LogP contribution >= 0.6 is 0 Å². The van der Waals surface area contributed by atoms with Crippen molar-refractivity contribution in [3.63, 3.8) is 0 Å².